The molecule has 0 unspecified atom stereocenters. The Bertz CT molecular complexity index is 886. The van der Waals surface area contributed by atoms with E-state index in [0.29, 0.717) is 42.6 Å². The van der Waals surface area contributed by atoms with Crippen LogP contribution in [0.1, 0.15) is 13.3 Å². The highest BCUT2D eigenvalue weighted by Gasteiger charge is 2.27. The van der Waals surface area contributed by atoms with Gasteiger partial charge in [0.15, 0.2) is 0 Å². The molecule has 1 N–H and O–H groups in total. The van der Waals surface area contributed by atoms with Gasteiger partial charge in [-0.05, 0) is 61.9 Å². The summed E-state index contributed by atoms with van der Waals surface area (Å²) >= 11 is 5.92. The van der Waals surface area contributed by atoms with Gasteiger partial charge in [-0.25, -0.2) is 8.42 Å². The average Bonchev–Trinajstić information content (AvgIpc) is 2.72. The first-order valence-electron chi connectivity index (χ1n) is 9.15. The Hall–Kier alpha value is -2.29. The fourth-order valence-electron chi connectivity index (χ4n) is 2.53. The molecule has 0 aliphatic rings. The molecule has 1 amide bonds. The second kappa shape index (κ2) is 11.0. The molecule has 2 aromatic rings. The van der Waals surface area contributed by atoms with Crippen LogP contribution in [0.2, 0.25) is 5.02 Å². The van der Waals surface area contributed by atoms with Crippen molar-refractivity contribution in [3.05, 3.63) is 53.6 Å². The highest BCUT2D eigenvalue weighted by atomic mass is 35.5. The molecule has 0 bridgehead atoms. The highest BCUT2D eigenvalue weighted by Crippen LogP contribution is 2.26. The van der Waals surface area contributed by atoms with E-state index in [1.165, 1.54) is 19.2 Å². The number of carbonyl (C=O) groups is 1. The quantitative estimate of drug-likeness (QED) is 0.543. The van der Waals surface area contributed by atoms with Gasteiger partial charge in [-0.3, -0.25) is 9.10 Å². The Labute approximate surface area is 176 Å². The summed E-state index contributed by atoms with van der Waals surface area (Å²) in [6, 6.07) is 12.3. The van der Waals surface area contributed by atoms with Gasteiger partial charge < -0.3 is 14.8 Å². The van der Waals surface area contributed by atoms with Gasteiger partial charge >= 0.3 is 0 Å². The molecule has 0 fully saturated rings. The lowest BCUT2D eigenvalue weighted by Gasteiger charge is -2.24. The molecule has 0 saturated carbocycles. The fraction of sp³-hybridized carbons (Fsp3) is 0.350. The first-order valence-corrected chi connectivity index (χ1v) is 11.0. The molecule has 0 aromatic heterocycles. The van der Waals surface area contributed by atoms with E-state index in [1.807, 2.05) is 6.92 Å². The predicted octanol–water partition coefficient (Wildman–Crippen LogP) is 3.09. The zero-order valence-corrected chi connectivity index (χ0v) is 18.0. The van der Waals surface area contributed by atoms with Crippen molar-refractivity contribution in [2.75, 3.05) is 37.7 Å². The van der Waals surface area contributed by atoms with Gasteiger partial charge in [0.25, 0.3) is 10.0 Å². The maximum Gasteiger partial charge on any atom is 0.264 e. The Kier molecular flexibility index (Phi) is 8.75. The minimum atomic E-state index is -3.98. The van der Waals surface area contributed by atoms with Gasteiger partial charge in [-0.15, -0.1) is 0 Å². The summed E-state index contributed by atoms with van der Waals surface area (Å²) in [5.74, 6) is 0.127. The van der Waals surface area contributed by atoms with E-state index in [4.69, 9.17) is 21.1 Å². The van der Waals surface area contributed by atoms with Crippen LogP contribution in [0.5, 0.6) is 5.75 Å². The number of amides is 1. The van der Waals surface area contributed by atoms with Crippen LogP contribution < -0.4 is 14.4 Å². The van der Waals surface area contributed by atoms with Crippen LogP contribution in [0.4, 0.5) is 5.69 Å². The Morgan fingerprint density at radius 3 is 2.34 bits per heavy atom. The van der Waals surface area contributed by atoms with E-state index in [-0.39, 0.29) is 11.4 Å². The number of rotatable bonds is 11. The summed E-state index contributed by atoms with van der Waals surface area (Å²) in [6.45, 7) is 3.08. The third-order valence-corrected chi connectivity index (χ3v) is 6.08. The summed E-state index contributed by atoms with van der Waals surface area (Å²) in [4.78, 5) is 12.5. The largest absolute Gasteiger partial charge is 0.497 e. The number of halogens is 1. The summed E-state index contributed by atoms with van der Waals surface area (Å²) in [5, 5.41) is 3.19. The number of hydrogen-bond donors (Lipinski definition) is 1. The van der Waals surface area contributed by atoms with E-state index < -0.39 is 15.9 Å². The van der Waals surface area contributed by atoms with Crippen molar-refractivity contribution in [1.82, 2.24) is 5.32 Å². The number of benzene rings is 2. The summed E-state index contributed by atoms with van der Waals surface area (Å²) in [7, 11) is -2.48. The van der Waals surface area contributed by atoms with Crippen molar-refractivity contribution in [2.45, 2.75) is 18.2 Å². The lowest BCUT2D eigenvalue weighted by Crippen LogP contribution is -2.41. The number of anilines is 1. The minimum Gasteiger partial charge on any atom is -0.497 e. The number of sulfonamides is 1. The number of methoxy groups -OCH3 is 1. The van der Waals surface area contributed by atoms with Crippen molar-refractivity contribution in [3.8, 4) is 5.75 Å². The van der Waals surface area contributed by atoms with Crippen LogP contribution >= 0.6 is 11.6 Å². The molecule has 0 heterocycles. The van der Waals surface area contributed by atoms with E-state index in [9.17, 15) is 13.2 Å². The molecule has 9 heteroatoms. The van der Waals surface area contributed by atoms with Crippen molar-refractivity contribution >= 4 is 33.2 Å². The Morgan fingerprint density at radius 1 is 1.10 bits per heavy atom. The maximum atomic E-state index is 13.2. The molecule has 0 atom stereocenters. The SMILES string of the molecule is CCOCCCNC(=O)CN(c1ccc(Cl)cc1)S(=O)(=O)c1ccc(OC)cc1. The minimum absolute atomic E-state index is 0.0531. The molecule has 0 radical (unpaired) electrons. The highest BCUT2D eigenvalue weighted by molar-refractivity contribution is 7.92. The number of nitrogens with zero attached hydrogens (tertiary/aromatic N) is 1. The zero-order chi connectivity index (χ0) is 21.3. The Morgan fingerprint density at radius 2 is 1.76 bits per heavy atom. The molecule has 0 spiro atoms. The summed E-state index contributed by atoms with van der Waals surface area (Å²) in [6.07, 6.45) is 0.645. The van der Waals surface area contributed by atoms with Gasteiger partial charge in [-0.2, -0.15) is 0 Å². The lowest BCUT2D eigenvalue weighted by molar-refractivity contribution is -0.119. The van der Waals surface area contributed by atoms with Crippen LogP contribution in [0.25, 0.3) is 0 Å². The maximum absolute atomic E-state index is 13.2. The number of hydrogen-bond acceptors (Lipinski definition) is 5. The third kappa shape index (κ3) is 6.62. The van der Waals surface area contributed by atoms with Gasteiger partial charge in [0.05, 0.1) is 17.7 Å². The Balaban J connectivity index is 2.22. The predicted molar refractivity (Wildman–Crippen MR) is 113 cm³/mol. The second-order valence-corrected chi connectivity index (χ2v) is 8.36. The van der Waals surface area contributed by atoms with Crippen molar-refractivity contribution in [2.24, 2.45) is 0 Å². The smallest absolute Gasteiger partial charge is 0.264 e. The van der Waals surface area contributed by atoms with Crippen molar-refractivity contribution in [3.63, 3.8) is 0 Å². The van der Waals surface area contributed by atoms with Gasteiger partial charge in [-0.1, -0.05) is 11.6 Å². The van der Waals surface area contributed by atoms with Crippen LogP contribution in [0.3, 0.4) is 0 Å². The standard InChI is InChI=1S/C20H25ClN2O5S/c1-3-28-14-4-13-22-20(24)15-23(17-7-5-16(21)6-8-17)29(25,26)19-11-9-18(27-2)10-12-19/h5-12H,3-4,13-15H2,1-2H3,(H,22,24). The first-order chi connectivity index (χ1) is 13.9. The normalized spacial score (nSPS) is 11.1. The van der Waals surface area contributed by atoms with Crippen molar-refractivity contribution in [1.29, 1.82) is 0 Å². The van der Waals surface area contributed by atoms with E-state index >= 15 is 0 Å². The molecule has 29 heavy (non-hydrogen) atoms. The van der Waals surface area contributed by atoms with Gasteiger partial charge in [0, 0.05) is 24.8 Å². The molecule has 7 nitrogen and oxygen atoms in total. The van der Waals surface area contributed by atoms with Crippen LogP contribution in [-0.4, -0.2) is 47.7 Å². The lowest BCUT2D eigenvalue weighted by atomic mass is 10.3. The van der Waals surface area contributed by atoms with Gasteiger partial charge in [0.1, 0.15) is 12.3 Å². The molecular weight excluding hydrogens is 416 g/mol. The summed E-state index contributed by atoms with van der Waals surface area (Å²) in [5.41, 5.74) is 0.342. The third-order valence-electron chi connectivity index (χ3n) is 4.04. The fourth-order valence-corrected chi connectivity index (χ4v) is 4.08. The zero-order valence-electron chi connectivity index (χ0n) is 16.4. The van der Waals surface area contributed by atoms with E-state index in [1.54, 1.807) is 36.4 Å². The van der Waals surface area contributed by atoms with Crippen molar-refractivity contribution < 1.29 is 22.7 Å². The van der Waals surface area contributed by atoms with Crippen LogP contribution in [-0.2, 0) is 19.6 Å². The topological polar surface area (TPSA) is 84.9 Å². The molecule has 0 aliphatic carbocycles. The monoisotopic (exact) mass is 440 g/mol. The molecule has 0 aliphatic heterocycles. The molecule has 2 aromatic carbocycles. The molecule has 2 rings (SSSR count). The van der Waals surface area contributed by atoms with E-state index in [2.05, 4.69) is 5.32 Å². The number of carbonyl (C=O) groups excluding carboxylic acids is 1. The van der Waals surface area contributed by atoms with Crippen LogP contribution in [0, 0.1) is 0 Å². The second-order valence-electron chi connectivity index (χ2n) is 6.06. The molecule has 158 valence electrons. The average molecular weight is 441 g/mol. The molecule has 0 saturated heterocycles. The summed E-state index contributed by atoms with van der Waals surface area (Å²) < 4.78 is 37.8. The molecular formula is C20H25ClN2O5S. The number of ether oxygens (including phenoxy) is 2. The van der Waals surface area contributed by atoms with Crippen LogP contribution in [0.15, 0.2) is 53.4 Å². The van der Waals surface area contributed by atoms with Gasteiger partial charge in [0.2, 0.25) is 5.91 Å². The van der Waals surface area contributed by atoms with E-state index in [0.717, 1.165) is 4.31 Å². The first kappa shape index (κ1) is 23.0. The number of nitrogens with one attached hydrogen (secondary N) is 1.